The lowest BCUT2D eigenvalue weighted by atomic mass is 10.1. The van der Waals surface area contributed by atoms with Crippen molar-refractivity contribution in [1.82, 2.24) is 9.78 Å². The Morgan fingerprint density at radius 1 is 0.971 bits per heavy atom. The number of hydrogen-bond donors (Lipinski definition) is 1. The molecular formula is C27H24N2O6. The van der Waals surface area contributed by atoms with Crippen molar-refractivity contribution in [1.29, 1.82) is 0 Å². The van der Waals surface area contributed by atoms with Crippen LogP contribution in [0.5, 0.6) is 23.0 Å². The number of para-hydroxylation sites is 1. The molecule has 0 bridgehead atoms. The minimum Gasteiger partial charge on any atom is -0.496 e. The molecule has 0 fully saturated rings. The van der Waals surface area contributed by atoms with Crippen LogP contribution in [-0.4, -0.2) is 41.4 Å². The summed E-state index contributed by atoms with van der Waals surface area (Å²) in [5.74, 6) is 1.07. The number of methoxy groups -OCH3 is 1. The van der Waals surface area contributed by atoms with Crippen molar-refractivity contribution >= 4 is 5.97 Å². The maximum atomic E-state index is 11.2. The van der Waals surface area contributed by atoms with E-state index >= 15 is 0 Å². The monoisotopic (exact) mass is 472 g/mol. The second-order valence-electron chi connectivity index (χ2n) is 7.96. The zero-order valence-electron chi connectivity index (χ0n) is 19.1. The molecule has 0 saturated carbocycles. The summed E-state index contributed by atoms with van der Waals surface area (Å²) >= 11 is 0. The Morgan fingerprint density at radius 2 is 1.71 bits per heavy atom. The van der Waals surface area contributed by atoms with E-state index in [1.165, 1.54) is 5.56 Å². The van der Waals surface area contributed by atoms with Crippen LogP contribution in [0.15, 0.2) is 72.8 Å². The van der Waals surface area contributed by atoms with Gasteiger partial charge < -0.3 is 24.1 Å². The molecule has 0 atom stereocenters. The van der Waals surface area contributed by atoms with Crippen molar-refractivity contribution in [2.75, 3.05) is 20.5 Å². The van der Waals surface area contributed by atoms with Crippen LogP contribution >= 0.6 is 0 Å². The van der Waals surface area contributed by atoms with Crippen LogP contribution in [0, 0.1) is 0 Å². The predicted molar refractivity (Wildman–Crippen MR) is 129 cm³/mol. The minimum absolute atomic E-state index is 0.0924. The molecule has 178 valence electrons. The van der Waals surface area contributed by atoms with Crippen LogP contribution in [0.3, 0.4) is 0 Å². The number of fused-ring (bicyclic) bond motifs is 1. The molecule has 5 rings (SSSR count). The van der Waals surface area contributed by atoms with Crippen molar-refractivity contribution in [2.24, 2.45) is 0 Å². The van der Waals surface area contributed by atoms with Gasteiger partial charge in [-0.05, 0) is 36.2 Å². The van der Waals surface area contributed by atoms with Gasteiger partial charge in [-0.25, -0.2) is 4.79 Å². The van der Waals surface area contributed by atoms with Gasteiger partial charge in [-0.2, -0.15) is 5.10 Å². The molecule has 4 aromatic rings. The van der Waals surface area contributed by atoms with E-state index in [0.29, 0.717) is 35.1 Å². The number of ether oxygens (including phenoxy) is 4. The lowest BCUT2D eigenvalue weighted by molar-refractivity contribution is -0.139. The van der Waals surface area contributed by atoms with Crippen molar-refractivity contribution < 1.29 is 28.8 Å². The Balaban J connectivity index is 1.59. The third kappa shape index (κ3) is 4.77. The molecule has 1 aromatic heterocycles. The minimum atomic E-state index is -1.07. The first-order valence-electron chi connectivity index (χ1n) is 11.2. The molecule has 0 unspecified atom stereocenters. The van der Waals surface area contributed by atoms with E-state index in [9.17, 15) is 4.79 Å². The van der Waals surface area contributed by atoms with Gasteiger partial charge in [0.2, 0.25) is 6.79 Å². The highest BCUT2D eigenvalue weighted by atomic mass is 16.7. The van der Waals surface area contributed by atoms with Gasteiger partial charge in [-0.1, -0.05) is 42.5 Å². The summed E-state index contributed by atoms with van der Waals surface area (Å²) in [5, 5.41) is 14.0. The molecule has 0 radical (unpaired) electrons. The van der Waals surface area contributed by atoms with Gasteiger partial charge in [0.15, 0.2) is 18.1 Å². The first-order chi connectivity index (χ1) is 17.1. The number of rotatable bonds is 9. The van der Waals surface area contributed by atoms with Crippen LogP contribution in [0.2, 0.25) is 0 Å². The Hall–Kier alpha value is -4.46. The Kier molecular flexibility index (Phi) is 6.26. The maximum absolute atomic E-state index is 11.2. The molecule has 0 saturated heterocycles. The molecule has 1 aliphatic heterocycles. The topological polar surface area (TPSA) is 92.0 Å². The fraction of sp³-hybridized carbons (Fsp3) is 0.185. The number of carbonyl (C=O) groups is 1. The van der Waals surface area contributed by atoms with Gasteiger partial charge in [-0.15, -0.1) is 0 Å². The average molecular weight is 472 g/mol. The third-order valence-corrected chi connectivity index (χ3v) is 5.72. The van der Waals surface area contributed by atoms with E-state index in [0.717, 1.165) is 23.4 Å². The molecule has 2 heterocycles. The first-order valence-corrected chi connectivity index (χ1v) is 11.2. The fourth-order valence-electron chi connectivity index (χ4n) is 4.05. The van der Waals surface area contributed by atoms with Gasteiger partial charge in [0.25, 0.3) is 0 Å². The lowest BCUT2D eigenvalue weighted by Crippen LogP contribution is -2.10. The van der Waals surface area contributed by atoms with Gasteiger partial charge in [0, 0.05) is 23.7 Å². The Labute approximate surface area is 202 Å². The molecule has 3 aromatic carbocycles. The van der Waals surface area contributed by atoms with Crippen LogP contribution in [0.4, 0.5) is 0 Å². The van der Waals surface area contributed by atoms with Crippen molar-refractivity contribution in [2.45, 2.75) is 13.0 Å². The fourth-order valence-corrected chi connectivity index (χ4v) is 4.05. The Morgan fingerprint density at radius 3 is 2.49 bits per heavy atom. The largest absolute Gasteiger partial charge is 0.496 e. The van der Waals surface area contributed by atoms with Gasteiger partial charge in [0.05, 0.1) is 18.5 Å². The highest BCUT2D eigenvalue weighted by Gasteiger charge is 2.23. The molecule has 0 spiro atoms. The Bertz CT molecular complexity index is 1350. The van der Waals surface area contributed by atoms with Crippen molar-refractivity contribution in [3.63, 3.8) is 0 Å². The second-order valence-corrected chi connectivity index (χ2v) is 7.96. The number of aromatic nitrogens is 2. The van der Waals surface area contributed by atoms with Crippen LogP contribution in [0.25, 0.3) is 22.5 Å². The summed E-state index contributed by atoms with van der Waals surface area (Å²) < 4.78 is 24.2. The summed E-state index contributed by atoms with van der Waals surface area (Å²) in [6.45, 7) is 0.239. The predicted octanol–water partition coefficient (Wildman–Crippen LogP) is 4.66. The molecule has 8 nitrogen and oxygen atoms in total. The zero-order chi connectivity index (χ0) is 24.2. The van der Waals surface area contributed by atoms with Crippen molar-refractivity contribution in [3.8, 4) is 45.5 Å². The number of hydrogen-bond acceptors (Lipinski definition) is 6. The number of carboxylic acid groups (broad SMARTS) is 1. The molecule has 8 heteroatoms. The summed E-state index contributed by atoms with van der Waals surface area (Å²) in [5.41, 5.74) is 4.21. The summed E-state index contributed by atoms with van der Waals surface area (Å²) in [6.07, 6.45) is 0.785. The SMILES string of the molecule is COc1ccccc1-c1cc(-c2cc3c(cc2OCC(=O)O)OCO3)nn1CCc1ccccc1. The highest BCUT2D eigenvalue weighted by molar-refractivity contribution is 5.78. The normalized spacial score (nSPS) is 11.9. The van der Waals surface area contributed by atoms with E-state index in [1.54, 1.807) is 19.2 Å². The summed E-state index contributed by atoms with van der Waals surface area (Å²) in [6, 6.07) is 23.3. The van der Waals surface area contributed by atoms with Gasteiger partial charge in [0.1, 0.15) is 11.5 Å². The number of benzene rings is 3. The molecular weight excluding hydrogens is 448 g/mol. The van der Waals surface area contributed by atoms with E-state index in [2.05, 4.69) is 12.1 Å². The smallest absolute Gasteiger partial charge is 0.341 e. The maximum Gasteiger partial charge on any atom is 0.341 e. The molecule has 35 heavy (non-hydrogen) atoms. The highest BCUT2D eigenvalue weighted by Crippen LogP contribution is 2.43. The van der Waals surface area contributed by atoms with Gasteiger partial charge >= 0.3 is 5.97 Å². The lowest BCUT2D eigenvalue weighted by Gasteiger charge is -2.11. The average Bonchev–Trinajstić information content (AvgIpc) is 3.52. The number of aliphatic carboxylic acids is 1. The standard InChI is InChI=1S/C27H24N2O6/c1-32-23-10-6-5-9-19(23)22-14-21(28-29(22)12-11-18-7-3-2-4-8-18)20-13-25-26(35-17-34-25)15-24(20)33-16-27(30)31/h2-10,13-15H,11-12,16-17H2,1H3,(H,30,31). The first kappa shape index (κ1) is 22.3. The van der Waals surface area contributed by atoms with E-state index in [4.69, 9.17) is 29.2 Å². The number of aryl methyl sites for hydroxylation is 2. The summed E-state index contributed by atoms with van der Waals surface area (Å²) in [4.78, 5) is 11.2. The number of nitrogens with zero attached hydrogens (tertiary/aromatic N) is 2. The third-order valence-electron chi connectivity index (χ3n) is 5.72. The van der Waals surface area contributed by atoms with Gasteiger partial charge in [-0.3, -0.25) is 4.68 Å². The van der Waals surface area contributed by atoms with E-state index < -0.39 is 12.6 Å². The quantitative estimate of drug-likeness (QED) is 0.379. The van der Waals surface area contributed by atoms with Crippen LogP contribution < -0.4 is 18.9 Å². The molecule has 1 aliphatic rings. The molecule has 0 amide bonds. The number of carboxylic acids is 1. The van der Waals surface area contributed by atoms with Crippen molar-refractivity contribution in [3.05, 3.63) is 78.4 Å². The summed E-state index contributed by atoms with van der Waals surface area (Å²) in [7, 11) is 1.64. The second kappa shape index (κ2) is 9.80. The van der Waals surface area contributed by atoms with E-state index in [1.807, 2.05) is 53.2 Å². The molecule has 1 N–H and O–H groups in total. The van der Waals surface area contributed by atoms with Crippen LogP contribution in [-0.2, 0) is 17.8 Å². The van der Waals surface area contributed by atoms with E-state index in [-0.39, 0.29) is 6.79 Å². The van der Waals surface area contributed by atoms with Crippen LogP contribution in [0.1, 0.15) is 5.56 Å². The zero-order valence-corrected chi connectivity index (χ0v) is 19.1. The molecule has 0 aliphatic carbocycles.